The van der Waals surface area contributed by atoms with Crippen LogP contribution >= 0.6 is 0 Å². The summed E-state index contributed by atoms with van der Waals surface area (Å²) < 4.78 is 0. The maximum atomic E-state index is 14.0. The summed E-state index contributed by atoms with van der Waals surface area (Å²) in [7, 11) is 0. The van der Waals surface area contributed by atoms with Crippen LogP contribution in [0.4, 0.5) is 4.79 Å². The minimum absolute atomic E-state index is 0.0706. The van der Waals surface area contributed by atoms with Crippen LogP contribution in [0.5, 0.6) is 0 Å². The number of hydrogen-bond donors (Lipinski definition) is 4. The highest BCUT2D eigenvalue weighted by Gasteiger charge is 2.69. The molecular weight excluding hydrogens is 538 g/mol. The molecule has 0 unspecified atom stereocenters. The molecule has 0 aromatic heterocycles. The van der Waals surface area contributed by atoms with E-state index in [4.69, 9.17) is 5.73 Å². The first-order chi connectivity index (χ1) is 19.6. The van der Waals surface area contributed by atoms with E-state index in [2.05, 4.69) is 16.0 Å². The van der Waals surface area contributed by atoms with E-state index in [1.54, 1.807) is 24.3 Å². The average Bonchev–Trinajstić information content (AvgIpc) is 3.24. The van der Waals surface area contributed by atoms with Gasteiger partial charge in [0.1, 0.15) is 12.1 Å². The van der Waals surface area contributed by atoms with E-state index in [1.165, 1.54) is 4.90 Å². The Balaban J connectivity index is 1.82. The summed E-state index contributed by atoms with van der Waals surface area (Å²) in [4.78, 5) is 78.5. The normalized spacial score (nSPS) is 22.0. The molecule has 5 N–H and O–H groups in total. The molecule has 1 heterocycles. The minimum Gasteiger partial charge on any atom is -0.363 e. The maximum Gasteiger partial charge on any atom is 0.316 e. The number of rotatable bonds is 12. The van der Waals surface area contributed by atoms with Gasteiger partial charge in [0.25, 0.3) is 5.91 Å². The second kappa shape index (κ2) is 12.6. The highest BCUT2D eigenvalue weighted by atomic mass is 16.2. The van der Waals surface area contributed by atoms with Crippen LogP contribution in [-0.2, 0) is 19.2 Å². The van der Waals surface area contributed by atoms with Crippen molar-refractivity contribution in [2.45, 2.75) is 79.4 Å². The predicted octanol–water partition coefficient (Wildman–Crippen LogP) is 2.04. The van der Waals surface area contributed by atoms with Gasteiger partial charge in [0.15, 0.2) is 5.78 Å². The number of fused-ring (bicyclic) bond motifs is 1. The number of likely N-dealkylation sites (tertiary alicyclic amines) is 1. The number of piperidine rings is 1. The number of benzene rings is 1. The van der Waals surface area contributed by atoms with Crippen molar-refractivity contribution in [1.82, 2.24) is 20.9 Å². The first-order valence-electron chi connectivity index (χ1n) is 14.6. The SMILES string of the molecule is CCC(CC)[C@H](NC(=O)N[C@H](C(=O)N1C[C@H]2[C@@H]([C@H]1C(=O)NCC(=O)C(N)=O)C2(C)C)C(C)(C)C)C(=O)c1ccccc1. The molecular formula is C31H45N5O6. The van der Waals surface area contributed by atoms with Crippen molar-refractivity contribution < 1.29 is 28.8 Å². The van der Waals surface area contributed by atoms with Gasteiger partial charge < -0.3 is 26.6 Å². The lowest BCUT2D eigenvalue weighted by Crippen LogP contribution is -2.61. The van der Waals surface area contributed by atoms with Crippen LogP contribution in [-0.4, -0.2) is 71.4 Å². The molecule has 11 heteroatoms. The fraction of sp³-hybridized carbons (Fsp3) is 0.613. The van der Waals surface area contributed by atoms with Crippen molar-refractivity contribution in [3.8, 4) is 0 Å². The Hall–Kier alpha value is -3.76. The van der Waals surface area contributed by atoms with E-state index in [9.17, 15) is 28.8 Å². The Morgan fingerprint density at radius 1 is 1.00 bits per heavy atom. The lowest BCUT2D eigenvalue weighted by atomic mass is 9.85. The summed E-state index contributed by atoms with van der Waals surface area (Å²) in [5.41, 5.74) is 4.57. The highest BCUT2D eigenvalue weighted by molar-refractivity contribution is 6.36. The van der Waals surface area contributed by atoms with Crippen LogP contribution in [0.15, 0.2) is 30.3 Å². The lowest BCUT2D eigenvalue weighted by Gasteiger charge is -2.38. The molecule has 1 aliphatic carbocycles. The van der Waals surface area contributed by atoms with Crippen molar-refractivity contribution in [2.24, 2.45) is 34.3 Å². The van der Waals surface area contributed by atoms with Crippen molar-refractivity contribution in [2.75, 3.05) is 13.1 Å². The first kappa shape index (κ1) is 32.8. The molecule has 0 bridgehead atoms. The summed E-state index contributed by atoms with van der Waals surface area (Å²) in [5, 5.41) is 8.11. The molecule has 1 saturated carbocycles. The second-order valence-corrected chi connectivity index (χ2v) is 13.1. The zero-order valence-corrected chi connectivity index (χ0v) is 25.7. The van der Waals surface area contributed by atoms with Gasteiger partial charge in [-0.15, -0.1) is 0 Å². The Morgan fingerprint density at radius 3 is 2.12 bits per heavy atom. The van der Waals surface area contributed by atoms with Gasteiger partial charge in [-0.2, -0.15) is 0 Å². The predicted molar refractivity (Wildman–Crippen MR) is 157 cm³/mol. The van der Waals surface area contributed by atoms with Gasteiger partial charge in [-0.25, -0.2) is 4.79 Å². The monoisotopic (exact) mass is 583 g/mol. The van der Waals surface area contributed by atoms with Crippen molar-refractivity contribution >= 4 is 35.3 Å². The molecule has 3 rings (SSSR count). The zero-order chi connectivity index (χ0) is 31.6. The average molecular weight is 584 g/mol. The van der Waals surface area contributed by atoms with Crippen LogP contribution < -0.4 is 21.7 Å². The third-order valence-electron chi connectivity index (χ3n) is 8.99. The Morgan fingerprint density at radius 2 is 1.60 bits per heavy atom. The molecule has 1 aromatic carbocycles. The number of ketones is 2. The number of primary amides is 1. The summed E-state index contributed by atoms with van der Waals surface area (Å²) in [6.07, 6.45) is 1.34. The van der Waals surface area contributed by atoms with Gasteiger partial charge in [-0.05, 0) is 28.6 Å². The van der Waals surface area contributed by atoms with E-state index in [0.29, 0.717) is 24.9 Å². The van der Waals surface area contributed by atoms with Crippen LogP contribution in [0.3, 0.4) is 0 Å². The number of Topliss-reactive ketones (excluding diaryl/α,β-unsaturated/α-hetero) is 2. The summed E-state index contributed by atoms with van der Waals surface area (Å²) in [6.45, 7) is 13.2. The van der Waals surface area contributed by atoms with Gasteiger partial charge in [0.2, 0.25) is 17.6 Å². The quantitative estimate of drug-likeness (QED) is 0.217. The molecule has 1 aromatic rings. The molecule has 0 radical (unpaired) electrons. The minimum atomic E-state index is -1.15. The van der Waals surface area contributed by atoms with Crippen molar-refractivity contribution in [3.63, 3.8) is 0 Å². The zero-order valence-electron chi connectivity index (χ0n) is 25.7. The van der Waals surface area contributed by atoms with Crippen LogP contribution in [0, 0.1) is 28.6 Å². The molecule has 0 spiro atoms. The number of urea groups is 1. The molecule has 1 aliphatic heterocycles. The van der Waals surface area contributed by atoms with Crippen LogP contribution in [0.2, 0.25) is 0 Å². The van der Waals surface area contributed by atoms with E-state index in [1.807, 2.05) is 54.5 Å². The number of carbonyl (C=O) groups excluding carboxylic acids is 6. The van der Waals surface area contributed by atoms with E-state index in [-0.39, 0.29) is 29.0 Å². The van der Waals surface area contributed by atoms with E-state index in [0.717, 1.165) is 0 Å². The third kappa shape index (κ3) is 6.82. The van der Waals surface area contributed by atoms with Gasteiger partial charge in [0, 0.05) is 12.1 Å². The number of carbonyl (C=O) groups is 6. The number of amides is 5. The lowest BCUT2D eigenvalue weighted by molar-refractivity contribution is -0.144. The number of nitrogens with one attached hydrogen (secondary N) is 3. The van der Waals surface area contributed by atoms with Crippen molar-refractivity contribution in [3.05, 3.63) is 35.9 Å². The molecule has 11 nitrogen and oxygen atoms in total. The second-order valence-electron chi connectivity index (χ2n) is 13.1. The smallest absolute Gasteiger partial charge is 0.316 e. The van der Waals surface area contributed by atoms with E-state index < -0.39 is 59.6 Å². The fourth-order valence-electron chi connectivity index (χ4n) is 6.24. The Bertz CT molecular complexity index is 1220. The topological polar surface area (TPSA) is 168 Å². The standard InChI is InChI=1S/C31H45N5O6/c1-8-17(9-2)22(24(38)18-13-11-10-12-14-18)34-29(42)35-25(30(3,4)5)28(41)36-16-19-21(31(19,6)7)23(36)27(40)33-15-20(37)26(32)39/h10-14,17,19,21-23,25H,8-9,15-16H2,1-7H3,(H2,32,39)(H,33,40)(H2,34,35,42)/t19-,21-,22-,23-,25+/m0/s1. The summed E-state index contributed by atoms with van der Waals surface area (Å²) in [6, 6.07) is 5.44. The number of hydrogen-bond acceptors (Lipinski definition) is 6. The molecule has 2 aliphatic rings. The Labute approximate surface area is 247 Å². The number of nitrogens with two attached hydrogens (primary N) is 1. The van der Waals surface area contributed by atoms with Gasteiger partial charge in [-0.3, -0.25) is 24.0 Å². The maximum absolute atomic E-state index is 14.0. The van der Waals surface area contributed by atoms with Crippen LogP contribution in [0.25, 0.3) is 0 Å². The molecule has 1 saturated heterocycles. The third-order valence-corrected chi connectivity index (χ3v) is 8.99. The summed E-state index contributed by atoms with van der Waals surface area (Å²) in [5.74, 6) is -3.46. The van der Waals surface area contributed by atoms with Gasteiger partial charge >= 0.3 is 6.03 Å². The molecule has 5 amide bonds. The molecule has 2 fully saturated rings. The van der Waals surface area contributed by atoms with Crippen molar-refractivity contribution in [1.29, 1.82) is 0 Å². The largest absolute Gasteiger partial charge is 0.363 e. The van der Waals surface area contributed by atoms with E-state index >= 15 is 0 Å². The van der Waals surface area contributed by atoms with Gasteiger partial charge in [0.05, 0.1) is 12.6 Å². The molecule has 42 heavy (non-hydrogen) atoms. The molecule has 230 valence electrons. The Kier molecular flexibility index (Phi) is 9.85. The van der Waals surface area contributed by atoms with Crippen LogP contribution in [0.1, 0.15) is 71.7 Å². The highest BCUT2D eigenvalue weighted by Crippen LogP contribution is 2.65. The number of nitrogens with zero attached hydrogens (tertiary/aromatic N) is 1. The fourth-order valence-corrected chi connectivity index (χ4v) is 6.24. The summed E-state index contributed by atoms with van der Waals surface area (Å²) >= 11 is 0. The first-order valence-corrected chi connectivity index (χ1v) is 14.6. The van der Waals surface area contributed by atoms with Gasteiger partial charge in [-0.1, -0.05) is 91.6 Å². The molecule has 5 atom stereocenters.